The first-order chi connectivity index (χ1) is 10.8. The summed E-state index contributed by atoms with van der Waals surface area (Å²) in [6.45, 7) is 5.03. The molecule has 23 heavy (non-hydrogen) atoms. The van der Waals surface area contributed by atoms with E-state index in [9.17, 15) is 8.42 Å². The normalized spacial score (nSPS) is 23.2. The van der Waals surface area contributed by atoms with Crippen molar-refractivity contribution < 1.29 is 17.9 Å². The zero-order valence-electron chi connectivity index (χ0n) is 13.6. The first-order valence-corrected chi connectivity index (χ1v) is 9.32. The minimum atomic E-state index is -3.50. The minimum Gasteiger partial charge on any atom is -0.492 e. The van der Waals surface area contributed by atoms with Crippen LogP contribution in [-0.4, -0.2) is 62.5 Å². The molecule has 1 aromatic carbocycles. The van der Waals surface area contributed by atoms with Gasteiger partial charge in [-0.05, 0) is 38.1 Å². The molecule has 1 aliphatic rings. The summed E-state index contributed by atoms with van der Waals surface area (Å²) in [5.74, 6) is 0.661. The number of hydrogen-bond acceptors (Lipinski definition) is 4. The van der Waals surface area contributed by atoms with Crippen molar-refractivity contribution in [3.05, 3.63) is 29.3 Å². The Hall–Kier alpha value is -0.860. The summed E-state index contributed by atoms with van der Waals surface area (Å²) in [7, 11) is -1.94. The molecule has 0 spiro atoms. The van der Waals surface area contributed by atoms with E-state index in [-0.39, 0.29) is 25.4 Å². The maximum absolute atomic E-state index is 12.6. The third-order valence-corrected chi connectivity index (χ3v) is 5.77. The van der Waals surface area contributed by atoms with Crippen LogP contribution in [0.5, 0.6) is 5.75 Å². The first-order valence-electron chi connectivity index (χ1n) is 7.54. The Kier molecular flexibility index (Phi) is 6.27. The third-order valence-electron chi connectivity index (χ3n) is 3.59. The summed E-state index contributed by atoms with van der Waals surface area (Å²) in [5.41, 5.74) is 0. The summed E-state index contributed by atoms with van der Waals surface area (Å²) in [6, 6.07) is 6.96. The molecule has 0 aromatic heterocycles. The number of rotatable bonds is 6. The second-order valence-electron chi connectivity index (χ2n) is 5.71. The van der Waals surface area contributed by atoms with Crippen LogP contribution in [0.3, 0.4) is 0 Å². The molecular formula is C15H23ClN2O4S. The van der Waals surface area contributed by atoms with Crippen molar-refractivity contribution in [1.29, 1.82) is 0 Å². The molecule has 6 nitrogen and oxygen atoms in total. The van der Waals surface area contributed by atoms with E-state index in [4.69, 9.17) is 21.1 Å². The standard InChI is InChI=1S/C15H23ClN2O4S/c1-12-10-18(11-13(2)22-12)23(19,20)17(3)8-9-21-15-6-4-14(16)5-7-15/h4-7,12-13H,8-11H2,1-3H3. The largest absolute Gasteiger partial charge is 0.492 e. The number of morpholine rings is 1. The summed E-state index contributed by atoms with van der Waals surface area (Å²) in [5, 5.41) is 0.632. The quantitative estimate of drug-likeness (QED) is 0.776. The van der Waals surface area contributed by atoms with E-state index < -0.39 is 10.2 Å². The average Bonchev–Trinajstić information content (AvgIpc) is 2.48. The monoisotopic (exact) mass is 362 g/mol. The van der Waals surface area contributed by atoms with Crippen molar-refractivity contribution in [3.63, 3.8) is 0 Å². The van der Waals surface area contributed by atoms with Gasteiger partial charge in [0.2, 0.25) is 0 Å². The smallest absolute Gasteiger partial charge is 0.282 e. The lowest BCUT2D eigenvalue weighted by Gasteiger charge is -2.36. The zero-order chi connectivity index (χ0) is 17.0. The molecule has 2 rings (SSSR count). The molecule has 0 bridgehead atoms. The highest BCUT2D eigenvalue weighted by atomic mass is 35.5. The molecule has 2 atom stereocenters. The van der Waals surface area contributed by atoms with Gasteiger partial charge in [-0.15, -0.1) is 0 Å². The summed E-state index contributed by atoms with van der Waals surface area (Å²) in [4.78, 5) is 0. The van der Waals surface area contributed by atoms with Crippen LogP contribution >= 0.6 is 11.6 Å². The van der Waals surface area contributed by atoms with E-state index >= 15 is 0 Å². The van der Waals surface area contributed by atoms with E-state index in [0.29, 0.717) is 23.9 Å². The maximum atomic E-state index is 12.6. The van der Waals surface area contributed by atoms with Crippen molar-refractivity contribution in [2.75, 3.05) is 33.3 Å². The fraction of sp³-hybridized carbons (Fsp3) is 0.600. The van der Waals surface area contributed by atoms with Crippen LogP contribution in [0.1, 0.15) is 13.8 Å². The Morgan fingerprint density at radius 1 is 1.26 bits per heavy atom. The van der Waals surface area contributed by atoms with Crippen LogP contribution in [0.25, 0.3) is 0 Å². The number of likely N-dealkylation sites (N-methyl/N-ethyl adjacent to an activating group) is 1. The molecule has 1 saturated heterocycles. The average molecular weight is 363 g/mol. The molecular weight excluding hydrogens is 340 g/mol. The van der Waals surface area contributed by atoms with Gasteiger partial charge in [0.05, 0.1) is 12.2 Å². The Balaban J connectivity index is 1.88. The van der Waals surface area contributed by atoms with E-state index in [2.05, 4.69) is 0 Å². The predicted octanol–water partition coefficient (Wildman–Crippen LogP) is 2.00. The molecule has 0 saturated carbocycles. The van der Waals surface area contributed by atoms with Gasteiger partial charge in [0, 0.05) is 31.7 Å². The molecule has 0 radical (unpaired) electrons. The van der Waals surface area contributed by atoms with E-state index in [1.807, 2.05) is 13.8 Å². The zero-order valence-corrected chi connectivity index (χ0v) is 15.2. The molecule has 2 unspecified atom stereocenters. The van der Waals surface area contributed by atoms with E-state index in [0.717, 1.165) is 0 Å². The van der Waals surface area contributed by atoms with Gasteiger partial charge in [-0.1, -0.05) is 11.6 Å². The van der Waals surface area contributed by atoms with Crippen LogP contribution in [0.15, 0.2) is 24.3 Å². The van der Waals surface area contributed by atoms with Gasteiger partial charge < -0.3 is 9.47 Å². The van der Waals surface area contributed by atoms with Gasteiger partial charge in [0.15, 0.2) is 0 Å². The van der Waals surface area contributed by atoms with Crippen molar-refractivity contribution in [2.24, 2.45) is 0 Å². The van der Waals surface area contributed by atoms with Gasteiger partial charge in [0.1, 0.15) is 12.4 Å². The fourth-order valence-corrected chi connectivity index (χ4v) is 4.08. The van der Waals surface area contributed by atoms with Crippen molar-refractivity contribution in [3.8, 4) is 5.75 Å². The van der Waals surface area contributed by atoms with E-state index in [1.54, 1.807) is 31.3 Å². The minimum absolute atomic E-state index is 0.104. The highest BCUT2D eigenvalue weighted by molar-refractivity contribution is 7.86. The third kappa shape index (κ3) is 5.06. The van der Waals surface area contributed by atoms with Crippen LogP contribution < -0.4 is 4.74 Å². The van der Waals surface area contributed by atoms with Crippen molar-refractivity contribution >= 4 is 21.8 Å². The number of nitrogens with zero attached hydrogens (tertiary/aromatic N) is 2. The maximum Gasteiger partial charge on any atom is 0.282 e. The first kappa shape index (κ1) is 18.5. The number of hydrogen-bond donors (Lipinski definition) is 0. The second kappa shape index (κ2) is 7.81. The molecule has 130 valence electrons. The van der Waals surface area contributed by atoms with Crippen molar-refractivity contribution in [2.45, 2.75) is 26.1 Å². The highest BCUT2D eigenvalue weighted by Crippen LogP contribution is 2.17. The van der Waals surface area contributed by atoms with Gasteiger partial charge in [-0.25, -0.2) is 0 Å². The molecule has 0 amide bonds. The molecule has 1 aliphatic heterocycles. The van der Waals surface area contributed by atoms with Crippen LogP contribution in [-0.2, 0) is 14.9 Å². The molecule has 1 fully saturated rings. The van der Waals surface area contributed by atoms with Gasteiger partial charge in [-0.2, -0.15) is 17.0 Å². The number of halogens is 1. The van der Waals surface area contributed by atoms with Gasteiger partial charge >= 0.3 is 0 Å². The highest BCUT2D eigenvalue weighted by Gasteiger charge is 2.33. The molecule has 8 heteroatoms. The lowest BCUT2D eigenvalue weighted by Crippen LogP contribution is -2.52. The topological polar surface area (TPSA) is 59.1 Å². The Morgan fingerprint density at radius 2 is 1.83 bits per heavy atom. The van der Waals surface area contributed by atoms with Crippen LogP contribution in [0.2, 0.25) is 5.02 Å². The summed E-state index contributed by atoms with van der Waals surface area (Å²) < 4.78 is 39.1. The van der Waals surface area contributed by atoms with E-state index in [1.165, 1.54) is 8.61 Å². The SMILES string of the molecule is CC1CN(S(=O)(=O)N(C)CCOc2ccc(Cl)cc2)CC(C)O1. The Bertz CT molecular complexity index is 598. The summed E-state index contributed by atoms with van der Waals surface area (Å²) in [6.07, 6.45) is -0.209. The van der Waals surface area contributed by atoms with Gasteiger partial charge in [0.25, 0.3) is 10.2 Å². The van der Waals surface area contributed by atoms with Crippen LogP contribution in [0.4, 0.5) is 0 Å². The molecule has 0 N–H and O–H groups in total. The molecule has 1 aromatic rings. The molecule has 1 heterocycles. The second-order valence-corrected chi connectivity index (χ2v) is 8.18. The fourth-order valence-electron chi connectivity index (χ4n) is 2.45. The lowest BCUT2D eigenvalue weighted by molar-refractivity contribution is -0.0453. The molecule has 0 aliphatic carbocycles. The number of ether oxygens (including phenoxy) is 2. The van der Waals surface area contributed by atoms with Gasteiger partial charge in [-0.3, -0.25) is 0 Å². The summed E-state index contributed by atoms with van der Waals surface area (Å²) >= 11 is 5.81. The van der Waals surface area contributed by atoms with Crippen molar-refractivity contribution in [1.82, 2.24) is 8.61 Å². The number of benzene rings is 1. The Morgan fingerprint density at radius 3 is 2.39 bits per heavy atom. The predicted molar refractivity (Wildman–Crippen MR) is 90.1 cm³/mol. The lowest BCUT2D eigenvalue weighted by atomic mass is 10.3. The van der Waals surface area contributed by atoms with Crippen LogP contribution in [0, 0.1) is 0 Å². The Labute approximate surface area is 143 Å².